The van der Waals surface area contributed by atoms with E-state index in [-0.39, 0.29) is 30.5 Å². The van der Waals surface area contributed by atoms with Gasteiger partial charge in [-0.2, -0.15) is 0 Å². The molecule has 9 heteroatoms. The number of Topliss-reactive ketones (excluding diaryl/α,β-unsaturated/α-hetero) is 1. The van der Waals surface area contributed by atoms with Crippen molar-refractivity contribution >= 4 is 46.9 Å². The molecular formula is C41H50N4O5. The molecular weight excluding hydrogens is 628 g/mol. The highest BCUT2D eigenvalue weighted by Crippen LogP contribution is 2.45. The van der Waals surface area contributed by atoms with Crippen molar-refractivity contribution in [2.45, 2.75) is 74.7 Å². The molecule has 4 rings (SSSR count). The summed E-state index contributed by atoms with van der Waals surface area (Å²) in [6.07, 6.45) is 12.0. The van der Waals surface area contributed by atoms with Gasteiger partial charge in [-0.15, -0.1) is 0 Å². The molecule has 50 heavy (non-hydrogen) atoms. The number of allylic oxidation sites excluding steroid dienone is 7. The largest absolute Gasteiger partial charge is 0.468 e. The Morgan fingerprint density at radius 3 is 2.34 bits per heavy atom. The highest BCUT2D eigenvalue weighted by atomic mass is 16.5. The van der Waals surface area contributed by atoms with Crippen LogP contribution in [0, 0.1) is 42.4 Å². The maximum Gasteiger partial charge on any atom is 0.321 e. The SMILES string of the molecule is C=CC1=C(C)/C(C)=C/C(=N)C(C)C(CCC(=O)OCC=CC)/C(C)=C2/c3[nH]c(c(C)c3C(=O)C2C(=O)OC)C=c2[nH]c(c(C)c2CC)=CC1=N. The van der Waals surface area contributed by atoms with Crippen LogP contribution in [0.4, 0.5) is 0 Å². The number of fused-ring (bicyclic) bond motifs is 3. The number of nitrogens with one attached hydrogen (secondary N) is 4. The van der Waals surface area contributed by atoms with Crippen LogP contribution in [0.25, 0.3) is 17.7 Å². The van der Waals surface area contributed by atoms with Crippen molar-refractivity contribution in [1.82, 2.24) is 9.97 Å². The number of carbonyl (C=O) groups excluding carboxylic acids is 3. The average Bonchev–Trinajstić information content (AvgIpc) is 3.67. The van der Waals surface area contributed by atoms with E-state index in [1.807, 2.05) is 60.6 Å². The summed E-state index contributed by atoms with van der Waals surface area (Å²) in [6, 6.07) is 0. The molecule has 4 bridgehead atoms. The molecule has 4 N–H and O–H groups in total. The molecule has 3 atom stereocenters. The molecule has 1 aliphatic carbocycles. The van der Waals surface area contributed by atoms with Gasteiger partial charge in [-0.05, 0) is 112 Å². The number of ketones is 1. The van der Waals surface area contributed by atoms with E-state index in [2.05, 4.69) is 23.5 Å². The second-order valence-corrected chi connectivity index (χ2v) is 13.2. The van der Waals surface area contributed by atoms with Gasteiger partial charge in [0.15, 0.2) is 5.78 Å². The van der Waals surface area contributed by atoms with E-state index in [1.54, 1.807) is 24.3 Å². The number of hydrogen-bond donors (Lipinski definition) is 4. The summed E-state index contributed by atoms with van der Waals surface area (Å²) >= 11 is 0. The number of esters is 2. The van der Waals surface area contributed by atoms with Crippen molar-refractivity contribution in [1.29, 1.82) is 10.8 Å². The Kier molecular flexibility index (Phi) is 11.8. The van der Waals surface area contributed by atoms with Crippen LogP contribution in [0.2, 0.25) is 0 Å². The zero-order valence-corrected chi connectivity index (χ0v) is 30.8. The van der Waals surface area contributed by atoms with Crippen LogP contribution in [0.3, 0.4) is 0 Å². The van der Waals surface area contributed by atoms with Crippen LogP contribution >= 0.6 is 0 Å². The second-order valence-electron chi connectivity index (χ2n) is 13.2. The lowest BCUT2D eigenvalue weighted by Crippen LogP contribution is -2.26. The summed E-state index contributed by atoms with van der Waals surface area (Å²) in [7, 11) is 1.27. The molecule has 9 nitrogen and oxygen atoms in total. The monoisotopic (exact) mass is 678 g/mol. The summed E-state index contributed by atoms with van der Waals surface area (Å²) in [5.74, 6) is -3.37. The summed E-state index contributed by atoms with van der Waals surface area (Å²) in [6.45, 7) is 19.6. The molecule has 3 heterocycles. The van der Waals surface area contributed by atoms with Gasteiger partial charge in [0, 0.05) is 45.6 Å². The molecule has 2 aromatic heterocycles. The quantitative estimate of drug-likeness (QED) is 0.142. The summed E-state index contributed by atoms with van der Waals surface area (Å²) in [5, 5.41) is 20.0. The first-order valence-corrected chi connectivity index (χ1v) is 17.1. The van der Waals surface area contributed by atoms with Crippen molar-refractivity contribution in [3.63, 3.8) is 0 Å². The lowest BCUT2D eigenvalue weighted by molar-refractivity contribution is -0.143. The molecule has 2 aromatic rings. The fraction of sp³-hybridized carbons (Fsp3) is 0.390. The van der Waals surface area contributed by atoms with Crippen LogP contribution in [0.15, 0.2) is 53.2 Å². The van der Waals surface area contributed by atoms with Crippen LogP contribution < -0.4 is 10.7 Å². The third kappa shape index (κ3) is 7.13. The minimum atomic E-state index is -1.17. The zero-order valence-electron chi connectivity index (χ0n) is 30.8. The molecule has 1 aliphatic heterocycles. The van der Waals surface area contributed by atoms with Gasteiger partial charge in [-0.25, -0.2) is 0 Å². The molecule has 0 radical (unpaired) electrons. The molecule has 0 fully saturated rings. The number of ether oxygens (including phenoxy) is 2. The first kappa shape index (κ1) is 37.8. The third-order valence-electron chi connectivity index (χ3n) is 10.3. The molecule has 0 saturated carbocycles. The van der Waals surface area contributed by atoms with Gasteiger partial charge in [-0.1, -0.05) is 44.2 Å². The van der Waals surface area contributed by atoms with Gasteiger partial charge in [0.25, 0.3) is 0 Å². The molecule has 264 valence electrons. The fourth-order valence-electron chi connectivity index (χ4n) is 7.21. The van der Waals surface area contributed by atoms with E-state index in [0.717, 1.165) is 50.7 Å². The normalized spacial score (nSPS) is 22.5. The number of hydrogen-bond acceptors (Lipinski definition) is 7. The van der Waals surface area contributed by atoms with Gasteiger partial charge in [0.1, 0.15) is 12.5 Å². The second kappa shape index (κ2) is 15.7. The molecule has 0 amide bonds. The van der Waals surface area contributed by atoms with Crippen LogP contribution in [0.1, 0.15) is 92.8 Å². The van der Waals surface area contributed by atoms with E-state index in [0.29, 0.717) is 40.1 Å². The Balaban J connectivity index is 2.08. The Morgan fingerprint density at radius 2 is 1.72 bits per heavy atom. The lowest BCUT2D eigenvalue weighted by Gasteiger charge is -2.27. The van der Waals surface area contributed by atoms with E-state index < -0.39 is 23.7 Å². The van der Waals surface area contributed by atoms with Crippen molar-refractivity contribution in [3.8, 4) is 0 Å². The summed E-state index contributed by atoms with van der Waals surface area (Å²) in [5.41, 5.74) is 8.66. The van der Waals surface area contributed by atoms with Gasteiger partial charge in [-0.3, -0.25) is 14.4 Å². The number of aromatic amines is 2. The van der Waals surface area contributed by atoms with Crippen molar-refractivity contribution < 1.29 is 23.9 Å². The van der Waals surface area contributed by atoms with Crippen molar-refractivity contribution in [2.24, 2.45) is 17.8 Å². The maximum absolute atomic E-state index is 14.1. The fourth-order valence-corrected chi connectivity index (χ4v) is 7.21. The van der Waals surface area contributed by atoms with E-state index >= 15 is 0 Å². The highest BCUT2D eigenvalue weighted by molar-refractivity contribution is 6.24. The van der Waals surface area contributed by atoms with E-state index in [1.165, 1.54) is 7.11 Å². The first-order valence-electron chi connectivity index (χ1n) is 17.1. The zero-order chi connectivity index (χ0) is 37.0. The van der Waals surface area contributed by atoms with Crippen molar-refractivity contribution in [3.05, 3.63) is 97.5 Å². The van der Waals surface area contributed by atoms with Crippen LogP contribution in [-0.4, -0.2) is 52.8 Å². The molecule has 2 aliphatic rings. The predicted octanol–water partition coefficient (Wildman–Crippen LogP) is 6.54. The Hall–Kier alpha value is -5.05. The predicted molar refractivity (Wildman–Crippen MR) is 200 cm³/mol. The van der Waals surface area contributed by atoms with Crippen LogP contribution in [-0.2, 0) is 25.5 Å². The molecule has 0 aromatic carbocycles. The van der Waals surface area contributed by atoms with Crippen LogP contribution in [0.5, 0.6) is 0 Å². The molecule has 0 saturated heterocycles. The molecule has 0 spiro atoms. The minimum Gasteiger partial charge on any atom is -0.468 e. The smallest absolute Gasteiger partial charge is 0.321 e. The Bertz CT molecular complexity index is 2030. The summed E-state index contributed by atoms with van der Waals surface area (Å²) in [4.78, 5) is 47.3. The van der Waals surface area contributed by atoms with Gasteiger partial charge < -0.3 is 30.3 Å². The first-order chi connectivity index (χ1) is 23.7. The minimum absolute atomic E-state index is 0.0838. The highest BCUT2D eigenvalue weighted by Gasteiger charge is 2.46. The van der Waals surface area contributed by atoms with E-state index in [9.17, 15) is 19.8 Å². The average molecular weight is 679 g/mol. The number of rotatable bonds is 8. The number of H-pyrrole nitrogens is 2. The third-order valence-corrected chi connectivity index (χ3v) is 10.3. The van der Waals surface area contributed by atoms with Gasteiger partial charge >= 0.3 is 11.9 Å². The number of methoxy groups -OCH3 is 1. The standard InChI is InChI=1S/C41H50N4O5/c1-11-14-17-50-35(46)16-15-29-23(6)30(42)18-21(4)22(5)27(12-2)31(43)19-32-24(7)28(13-3)34(44-32)20-33-26(9)37-39(45-33)36(25(29)8)38(40(37)47)41(48)49-10/h11-12,14,18-20,23,29,38,42-45H,2,13,15-17H2,1,3-10H3/b14-11?,21-18+,27-22?,32-19?,34-20?,36-25+,42-30?,43-31?. The van der Waals surface area contributed by atoms with Gasteiger partial charge in [0.05, 0.1) is 18.5 Å². The van der Waals surface area contributed by atoms with Crippen molar-refractivity contribution in [2.75, 3.05) is 13.7 Å². The van der Waals surface area contributed by atoms with E-state index in [4.69, 9.17) is 14.9 Å². The maximum atomic E-state index is 14.1. The lowest BCUT2D eigenvalue weighted by atomic mass is 9.77. The Morgan fingerprint density at radius 1 is 1.02 bits per heavy atom. The summed E-state index contributed by atoms with van der Waals surface area (Å²) < 4.78 is 10.6. The van der Waals surface area contributed by atoms with Gasteiger partial charge in [0.2, 0.25) is 0 Å². The topological polar surface area (TPSA) is 149 Å². The molecule has 3 unspecified atom stereocenters. The Labute approximate surface area is 294 Å². The number of aromatic nitrogens is 2. The number of carbonyl (C=O) groups is 3.